The van der Waals surface area contributed by atoms with Crippen molar-refractivity contribution in [3.63, 3.8) is 0 Å². The summed E-state index contributed by atoms with van der Waals surface area (Å²) in [5.74, 6) is 0.0503. The van der Waals surface area contributed by atoms with E-state index in [1.54, 1.807) is 30.3 Å². The fourth-order valence-electron chi connectivity index (χ4n) is 2.21. The fraction of sp³-hybridized carbons (Fsp3) is 0.462. The molecule has 1 fully saturated rings. The van der Waals surface area contributed by atoms with Gasteiger partial charge in [-0.3, -0.25) is 14.6 Å². The molecule has 0 bridgehead atoms. The van der Waals surface area contributed by atoms with Gasteiger partial charge < -0.3 is 4.90 Å². The Bertz CT molecular complexity index is 417. The summed E-state index contributed by atoms with van der Waals surface area (Å²) < 4.78 is 0. The Morgan fingerprint density at radius 2 is 2.29 bits per heavy atom. The molecule has 1 atom stereocenters. The van der Waals surface area contributed by atoms with Crippen LogP contribution in [0.4, 0.5) is 0 Å². The zero-order chi connectivity index (χ0) is 12.3. The van der Waals surface area contributed by atoms with E-state index < -0.39 is 0 Å². The van der Waals surface area contributed by atoms with Gasteiger partial charge in [-0.25, -0.2) is 0 Å². The highest BCUT2D eigenvalue weighted by molar-refractivity contribution is 5.97. The molecule has 4 heteroatoms. The van der Waals surface area contributed by atoms with Crippen LogP contribution in [-0.4, -0.2) is 34.7 Å². The zero-order valence-corrected chi connectivity index (χ0v) is 9.93. The smallest absolute Gasteiger partial charge is 0.255 e. The minimum absolute atomic E-state index is 0.127. The number of ketones is 1. The summed E-state index contributed by atoms with van der Waals surface area (Å²) in [6.45, 7) is 0. The number of aromatic nitrogens is 1. The van der Waals surface area contributed by atoms with Crippen molar-refractivity contribution in [3.8, 4) is 0 Å². The SMILES string of the molecule is CN(C(=O)c1cccnc1)C1CCCCC1=O. The minimum atomic E-state index is -0.253. The molecular formula is C13H16N2O2. The van der Waals surface area contributed by atoms with Crippen molar-refractivity contribution < 1.29 is 9.59 Å². The van der Waals surface area contributed by atoms with E-state index in [0.717, 1.165) is 19.3 Å². The first kappa shape index (κ1) is 11.8. The topological polar surface area (TPSA) is 50.3 Å². The Morgan fingerprint density at radius 3 is 2.94 bits per heavy atom. The lowest BCUT2D eigenvalue weighted by molar-refractivity contribution is -0.124. The Balaban J connectivity index is 2.12. The van der Waals surface area contributed by atoms with E-state index >= 15 is 0 Å². The molecule has 1 unspecified atom stereocenters. The minimum Gasteiger partial charge on any atom is -0.332 e. The summed E-state index contributed by atoms with van der Waals surface area (Å²) in [6.07, 6.45) is 6.50. The lowest BCUT2D eigenvalue weighted by atomic mass is 9.93. The third-order valence-corrected chi connectivity index (χ3v) is 3.22. The average molecular weight is 232 g/mol. The van der Waals surface area contributed by atoms with Crippen LogP contribution in [0.2, 0.25) is 0 Å². The highest BCUT2D eigenvalue weighted by Crippen LogP contribution is 2.20. The van der Waals surface area contributed by atoms with Crippen LogP contribution in [0.3, 0.4) is 0 Å². The maximum Gasteiger partial charge on any atom is 0.255 e. The lowest BCUT2D eigenvalue weighted by Gasteiger charge is -2.29. The third kappa shape index (κ3) is 2.52. The van der Waals surface area contributed by atoms with Crippen molar-refractivity contribution in [2.24, 2.45) is 0 Å². The highest BCUT2D eigenvalue weighted by atomic mass is 16.2. The van der Waals surface area contributed by atoms with Gasteiger partial charge in [0.05, 0.1) is 11.6 Å². The Kier molecular flexibility index (Phi) is 3.52. The van der Waals surface area contributed by atoms with Gasteiger partial charge in [0.1, 0.15) is 0 Å². The normalized spacial score (nSPS) is 20.1. The summed E-state index contributed by atoms with van der Waals surface area (Å²) >= 11 is 0. The van der Waals surface area contributed by atoms with Crippen LogP contribution < -0.4 is 0 Å². The standard InChI is InChI=1S/C13H16N2O2/c1-15(11-6-2-3-7-12(11)16)13(17)10-5-4-8-14-9-10/h4-5,8-9,11H,2-3,6-7H2,1H3. The first-order valence-corrected chi connectivity index (χ1v) is 5.90. The number of nitrogens with zero attached hydrogens (tertiary/aromatic N) is 2. The molecule has 1 saturated carbocycles. The summed E-state index contributed by atoms with van der Waals surface area (Å²) in [7, 11) is 1.70. The Hall–Kier alpha value is -1.71. The molecule has 0 N–H and O–H groups in total. The maximum absolute atomic E-state index is 12.1. The highest BCUT2D eigenvalue weighted by Gasteiger charge is 2.29. The van der Waals surface area contributed by atoms with Crippen LogP contribution in [0.25, 0.3) is 0 Å². The number of amides is 1. The number of pyridine rings is 1. The van der Waals surface area contributed by atoms with E-state index in [4.69, 9.17) is 0 Å². The van der Waals surface area contributed by atoms with Crippen LogP contribution in [0, 0.1) is 0 Å². The maximum atomic E-state index is 12.1. The number of carbonyl (C=O) groups is 2. The molecule has 1 amide bonds. The van der Waals surface area contributed by atoms with Crippen molar-refractivity contribution >= 4 is 11.7 Å². The van der Waals surface area contributed by atoms with E-state index in [1.807, 2.05) is 0 Å². The van der Waals surface area contributed by atoms with Crippen molar-refractivity contribution in [1.82, 2.24) is 9.88 Å². The zero-order valence-electron chi connectivity index (χ0n) is 9.93. The number of hydrogen-bond acceptors (Lipinski definition) is 3. The molecule has 17 heavy (non-hydrogen) atoms. The van der Waals surface area contributed by atoms with E-state index in [1.165, 1.54) is 6.20 Å². The number of Topliss-reactive ketones (excluding diaryl/α,β-unsaturated/α-hetero) is 1. The number of carbonyl (C=O) groups excluding carboxylic acids is 2. The molecule has 1 aromatic heterocycles. The molecule has 90 valence electrons. The Morgan fingerprint density at radius 1 is 1.47 bits per heavy atom. The molecule has 0 saturated heterocycles. The second-order valence-corrected chi connectivity index (χ2v) is 4.39. The lowest BCUT2D eigenvalue weighted by Crippen LogP contribution is -2.43. The molecule has 1 aliphatic carbocycles. The summed E-state index contributed by atoms with van der Waals surface area (Å²) in [5, 5.41) is 0. The average Bonchev–Trinajstić information content (AvgIpc) is 2.39. The van der Waals surface area contributed by atoms with Crippen molar-refractivity contribution in [2.45, 2.75) is 31.7 Å². The van der Waals surface area contributed by atoms with E-state index in [2.05, 4.69) is 4.98 Å². The van der Waals surface area contributed by atoms with Crippen LogP contribution in [-0.2, 0) is 4.79 Å². The van der Waals surface area contributed by atoms with Gasteiger partial charge in [0.2, 0.25) is 0 Å². The van der Waals surface area contributed by atoms with Crippen molar-refractivity contribution in [3.05, 3.63) is 30.1 Å². The van der Waals surface area contributed by atoms with Gasteiger partial charge in [-0.2, -0.15) is 0 Å². The predicted molar refractivity (Wildman–Crippen MR) is 63.6 cm³/mol. The number of hydrogen-bond donors (Lipinski definition) is 0. The third-order valence-electron chi connectivity index (χ3n) is 3.22. The summed E-state index contributed by atoms with van der Waals surface area (Å²) in [6, 6.07) is 3.19. The first-order chi connectivity index (χ1) is 8.20. The van der Waals surface area contributed by atoms with Crippen molar-refractivity contribution in [1.29, 1.82) is 0 Å². The van der Waals surface area contributed by atoms with E-state index in [9.17, 15) is 9.59 Å². The van der Waals surface area contributed by atoms with Gasteiger partial charge in [0.15, 0.2) is 5.78 Å². The fourth-order valence-corrected chi connectivity index (χ4v) is 2.21. The van der Waals surface area contributed by atoms with Gasteiger partial charge in [0.25, 0.3) is 5.91 Å². The molecule has 0 spiro atoms. The second-order valence-electron chi connectivity index (χ2n) is 4.39. The number of rotatable bonds is 2. The molecule has 0 radical (unpaired) electrons. The van der Waals surface area contributed by atoms with Crippen LogP contribution in [0.15, 0.2) is 24.5 Å². The Labute approximate surface area is 101 Å². The quantitative estimate of drug-likeness (QED) is 0.779. The predicted octanol–water partition coefficient (Wildman–Crippen LogP) is 1.67. The van der Waals surface area contributed by atoms with E-state index in [-0.39, 0.29) is 17.7 Å². The second kappa shape index (κ2) is 5.08. The summed E-state index contributed by atoms with van der Waals surface area (Å²) in [4.78, 5) is 29.4. The van der Waals surface area contributed by atoms with E-state index in [0.29, 0.717) is 12.0 Å². The summed E-state index contributed by atoms with van der Waals surface area (Å²) in [5.41, 5.74) is 0.536. The number of likely N-dealkylation sites (N-methyl/N-ethyl adjacent to an activating group) is 1. The molecule has 0 aromatic carbocycles. The van der Waals surface area contributed by atoms with Gasteiger partial charge in [-0.05, 0) is 25.0 Å². The molecule has 2 rings (SSSR count). The molecule has 4 nitrogen and oxygen atoms in total. The van der Waals surface area contributed by atoms with Crippen molar-refractivity contribution in [2.75, 3.05) is 7.05 Å². The van der Waals surface area contributed by atoms with Crippen LogP contribution >= 0.6 is 0 Å². The largest absolute Gasteiger partial charge is 0.332 e. The molecular weight excluding hydrogens is 216 g/mol. The first-order valence-electron chi connectivity index (χ1n) is 5.90. The molecule has 1 aromatic rings. The van der Waals surface area contributed by atoms with Gasteiger partial charge in [-0.1, -0.05) is 6.42 Å². The monoisotopic (exact) mass is 232 g/mol. The van der Waals surface area contributed by atoms with Gasteiger partial charge in [-0.15, -0.1) is 0 Å². The van der Waals surface area contributed by atoms with Gasteiger partial charge >= 0.3 is 0 Å². The molecule has 1 aliphatic rings. The van der Waals surface area contributed by atoms with Crippen LogP contribution in [0.1, 0.15) is 36.0 Å². The molecule has 0 aliphatic heterocycles. The van der Waals surface area contributed by atoms with Gasteiger partial charge in [0, 0.05) is 25.9 Å². The molecule has 1 heterocycles. The van der Waals surface area contributed by atoms with Crippen LogP contribution in [0.5, 0.6) is 0 Å².